The standard InChI is InChI=1S/C24H29N3O4S/c28-24-23-14-21(7-4-18(23)15-26-24)31-16-19-8-10-25-11-9-22(19)17-2-5-20(6-3-17)27-12-1-13-32(27,29)30/h2-7,14,19,22,25H,1,8-13,15-16H2,(H,26,28)/t19-,22-/m0/s1. The number of fused-ring (bicyclic) bond motifs is 1. The number of benzene rings is 2. The summed E-state index contributed by atoms with van der Waals surface area (Å²) in [6.07, 6.45) is 2.68. The van der Waals surface area contributed by atoms with Crippen molar-refractivity contribution in [2.24, 2.45) is 5.92 Å². The molecule has 2 saturated heterocycles. The minimum atomic E-state index is -3.17. The van der Waals surface area contributed by atoms with Crippen LogP contribution < -0.4 is 19.7 Å². The second-order valence-corrected chi connectivity index (χ2v) is 10.9. The summed E-state index contributed by atoms with van der Waals surface area (Å²) in [5, 5.41) is 6.33. The Kier molecular flexibility index (Phi) is 5.82. The second-order valence-electron chi connectivity index (χ2n) is 8.84. The minimum Gasteiger partial charge on any atom is -0.493 e. The molecule has 170 valence electrons. The first kappa shape index (κ1) is 21.3. The molecule has 2 aromatic carbocycles. The first-order valence-electron chi connectivity index (χ1n) is 11.4. The fourth-order valence-electron chi connectivity index (χ4n) is 5.05. The van der Waals surface area contributed by atoms with E-state index in [1.54, 1.807) is 0 Å². The molecular weight excluding hydrogens is 426 g/mol. The monoisotopic (exact) mass is 455 g/mol. The third-order valence-corrected chi connectivity index (χ3v) is 8.70. The lowest BCUT2D eigenvalue weighted by Gasteiger charge is -2.26. The molecule has 2 fully saturated rings. The van der Waals surface area contributed by atoms with Crippen LogP contribution in [-0.4, -0.2) is 46.3 Å². The van der Waals surface area contributed by atoms with Crippen LogP contribution in [0.3, 0.4) is 0 Å². The zero-order valence-electron chi connectivity index (χ0n) is 18.0. The lowest BCUT2D eigenvalue weighted by atomic mass is 9.83. The summed E-state index contributed by atoms with van der Waals surface area (Å²) in [4.78, 5) is 12.0. The van der Waals surface area contributed by atoms with Crippen LogP contribution in [-0.2, 0) is 16.6 Å². The first-order valence-corrected chi connectivity index (χ1v) is 13.0. The fraction of sp³-hybridized carbons (Fsp3) is 0.458. The Morgan fingerprint density at radius 1 is 1.06 bits per heavy atom. The van der Waals surface area contributed by atoms with Gasteiger partial charge in [-0.15, -0.1) is 0 Å². The van der Waals surface area contributed by atoms with Crippen LogP contribution in [0.4, 0.5) is 5.69 Å². The number of rotatable bonds is 5. The van der Waals surface area contributed by atoms with Crippen LogP contribution in [0.5, 0.6) is 5.75 Å². The van der Waals surface area contributed by atoms with E-state index in [1.165, 1.54) is 9.87 Å². The van der Waals surface area contributed by atoms with E-state index in [0.717, 1.165) is 42.9 Å². The topological polar surface area (TPSA) is 87.7 Å². The number of hydrogen-bond acceptors (Lipinski definition) is 5. The molecule has 3 heterocycles. The lowest BCUT2D eigenvalue weighted by Crippen LogP contribution is -2.25. The molecule has 0 aromatic heterocycles. The van der Waals surface area contributed by atoms with Crippen molar-refractivity contribution >= 4 is 21.6 Å². The van der Waals surface area contributed by atoms with Crippen molar-refractivity contribution in [2.45, 2.75) is 31.7 Å². The van der Waals surface area contributed by atoms with Crippen molar-refractivity contribution in [1.82, 2.24) is 10.6 Å². The van der Waals surface area contributed by atoms with Crippen molar-refractivity contribution in [3.05, 3.63) is 59.2 Å². The molecule has 2 aromatic rings. The Hall–Kier alpha value is -2.58. The highest BCUT2D eigenvalue weighted by atomic mass is 32.2. The maximum Gasteiger partial charge on any atom is 0.252 e. The van der Waals surface area contributed by atoms with Crippen molar-refractivity contribution in [2.75, 3.05) is 36.3 Å². The average Bonchev–Trinajstić information content (AvgIpc) is 3.24. The van der Waals surface area contributed by atoms with E-state index in [2.05, 4.69) is 22.8 Å². The van der Waals surface area contributed by atoms with E-state index in [9.17, 15) is 13.2 Å². The predicted octanol–water partition coefficient (Wildman–Crippen LogP) is 2.63. The van der Waals surface area contributed by atoms with Crippen molar-refractivity contribution in [1.29, 1.82) is 0 Å². The summed E-state index contributed by atoms with van der Waals surface area (Å²) in [7, 11) is -3.17. The highest BCUT2D eigenvalue weighted by Gasteiger charge is 2.30. The normalized spacial score (nSPS) is 24.6. The number of carbonyl (C=O) groups excluding carboxylic acids is 1. The van der Waals surface area contributed by atoms with Gasteiger partial charge in [-0.05, 0) is 73.7 Å². The molecule has 2 N–H and O–H groups in total. The van der Waals surface area contributed by atoms with Crippen molar-refractivity contribution < 1.29 is 17.9 Å². The van der Waals surface area contributed by atoms with Crippen molar-refractivity contribution in [3.8, 4) is 5.75 Å². The van der Waals surface area contributed by atoms with Crippen LogP contribution in [0.2, 0.25) is 0 Å². The maximum absolute atomic E-state index is 12.2. The summed E-state index contributed by atoms with van der Waals surface area (Å²) >= 11 is 0. The Balaban J connectivity index is 1.31. The fourth-order valence-corrected chi connectivity index (χ4v) is 6.61. The number of amides is 1. The van der Waals surface area contributed by atoms with Crippen LogP contribution in [0, 0.1) is 5.92 Å². The van der Waals surface area contributed by atoms with Gasteiger partial charge in [0.05, 0.1) is 18.0 Å². The highest BCUT2D eigenvalue weighted by Crippen LogP contribution is 2.34. The Bertz CT molecular complexity index is 1100. The van der Waals surface area contributed by atoms with Crippen LogP contribution >= 0.6 is 0 Å². The lowest BCUT2D eigenvalue weighted by molar-refractivity contribution is 0.0965. The molecule has 8 heteroatoms. The zero-order chi connectivity index (χ0) is 22.1. The third-order valence-electron chi connectivity index (χ3n) is 6.83. The number of nitrogens with one attached hydrogen (secondary N) is 2. The molecule has 0 bridgehead atoms. The molecule has 0 radical (unpaired) electrons. The Labute approximate surface area is 189 Å². The van der Waals surface area contributed by atoms with Crippen LogP contribution in [0.1, 0.15) is 46.7 Å². The Morgan fingerprint density at radius 3 is 2.66 bits per heavy atom. The van der Waals surface area contributed by atoms with Gasteiger partial charge in [-0.2, -0.15) is 0 Å². The molecule has 0 saturated carbocycles. The van der Waals surface area contributed by atoms with E-state index in [4.69, 9.17) is 4.74 Å². The molecule has 0 spiro atoms. The highest BCUT2D eigenvalue weighted by molar-refractivity contribution is 7.93. The number of nitrogens with zero attached hydrogens (tertiary/aromatic N) is 1. The van der Waals surface area contributed by atoms with Gasteiger partial charge in [0.2, 0.25) is 10.0 Å². The quantitative estimate of drug-likeness (QED) is 0.724. The van der Waals surface area contributed by atoms with E-state index in [0.29, 0.717) is 43.5 Å². The van der Waals surface area contributed by atoms with E-state index in [-0.39, 0.29) is 11.7 Å². The third kappa shape index (κ3) is 4.21. The SMILES string of the molecule is O=C1NCc2ccc(OC[C@@H]3CCNCC[C@H]3c3ccc(N4CCCS4(=O)=O)cc3)cc21. The number of anilines is 1. The number of sulfonamides is 1. The molecule has 2 atom stereocenters. The summed E-state index contributed by atoms with van der Waals surface area (Å²) in [5.74, 6) is 1.57. The van der Waals surface area contributed by atoms with E-state index < -0.39 is 10.0 Å². The molecule has 5 rings (SSSR count). The Morgan fingerprint density at radius 2 is 1.88 bits per heavy atom. The van der Waals surface area contributed by atoms with Gasteiger partial charge in [0.25, 0.3) is 5.91 Å². The minimum absolute atomic E-state index is 0.0397. The zero-order valence-corrected chi connectivity index (χ0v) is 18.9. The van der Waals surface area contributed by atoms with Gasteiger partial charge < -0.3 is 15.4 Å². The smallest absolute Gasteiger partial charge is 0.252 e. The largest absolute Gasteiger partial charge is 0.493 e. The number of carbonyl (C=O) groups is 1. The molecule has 7 nitrogen and oxygen atoms in total. The average molecular weight is 456 g/mol. The molecule has 32 heavy (non-hydrogen) atoms. The summed E-state index contributed by atoms with van der Waals surface area (Å²) < 4.78 is 32.2. The summed E-state index contributed by atoms with van der Waals surface area (Å²) in [5.41, 5.74) is 3.69. The molecule has 3 aliphatic heterocycles. The summed E-state index contributed by atoms with van der Waals surface area (Å²) in [6, 6.07) is 13.8. The van der Waals surface area contributed by atoms with Crippen molar-refractivity contribution in [3.63, 3.8) is 0 Å². The molecule has 0 aliphatic carbocycles. The molecule has 0 unspecified atom stereocenters. The number of hydrogen-bond donors (Lipinski definition) is 2. The maximum atomic E-state index is 12.2. The van der Waals surface area contributed by atoms with E-state index in [1.807, 2.05) is 30.3 Å². The van der Waals surface area contributed by atoms with Gasteiger partial charge >= 0.3 is 0 Å². The van der Waals surface area contributed by atoms with Gasteiger partial charge in [0.15, 0.2) is 0 Å². The number of ether oxygens (including phenoxy) is 1. The molecule has 3 aliphatic rings. The van der Waals surface area contributed by atoms with E-state index >= 15 is 0 Å². The summed E-state index contributed by atoms with van der Waals surface area (Å²) in [6.45, 7) is 3.61. The van der Waals surface area contributed by atoms with Gasteiger partial charge in [-0.3, -0.25) is 9.10 Å². The predicted molar refractivity (Wildman–Crippen MR) is 124 cm³/mol. The van der Waals surface area contributed by atoms with Crippen LogP contribution in [0.15, 0.2) is 42.5 Å². The van der Waals surface area contributed by atoms with Gasteiger partial charge in [0.1, 0.15) is 5.75 Å². The van der Waals surface area contributed by atoms with Gasteiger partial charge in [0, 0.05) is 24.6 Å². The first-order chi connectivity index (χ1) is 15.5. The van der Waals surface area contributed by atoms with Gasteiger partial charge in [-0.1, -0.05) is 18.2 Å². The van der Waals surface area contributed by atoms with Gasteiger partial charge in [-0.25, -0.2) is 8.42 Å². The van der Waals surface area contributed by atoms with Crippen LogP contribution in [0.25, 0.3) is 0 Å². The molecular formula is C24H29N3O4S. The molecule has 1 amide bonds. The second kappa shape index (κ2) is 8.75.